The van der Waals surface area contributed by atoms with Crippen molar-refractivity contribution in [2.45, 2.75) is 27.3 Å². The molecule has 0 amide bonds. The molecule has 2 heterocycles. The Morgan fingerprint density at radius 1 is 1.40 bits per heavy atom. The van der Waals surface area contributed by atoms with E-state index in [0.717, 1.165) is 0 Å². The van der Waals surface area contributed by atoms with E-state index >= 15 is 0 Å². The number of nitrogen functional groups attached to an aromatic ring is 1. The Morgan fingerprint density at radius 2 is 2.07 bits per heavy atom. The summed E-state index contributed by atoms with van der Waals surface area (Å²) in [6, 6.07) is 0.269. The summed E-state index contributed by atoms with van der Waals surface area (Å²) in [6.45, 7) is 4.07. The molecule has 0 bridgehead atoms. The summed E-state index contributed by atoms with van der Waals surface area (Å²) in [5, 5.41) is 0.298. The molecule has 0 aliphatic carbocycles. The van der Waals surface area contributed by atoms with Gasteiger partial charge in [-0.2, -0.15) is 9.97 Å². The van der Waals surface area contributed by atoms with Crippen molar-refractivity contribution in [3.05, 3.63) is 11.5 Å². The van der Waals surface area contributed by atoms with Crippen molar-refractivity contribution in [1.29, 1.82) is 0 Å². The SMILES string of the molecule is C.CC(C)n1cnc2c(Cl)nc(N)nc21. The highest BCUT2D eigenvalue weighted by atomic mass is 35.5. The first-order valence-corrected chi connectivity index (χ1v) is 4.63. The van der Waals surface area contributed by atoms with Gasteiger partial charge in [0.2, 0.25) is 5.95 Å². The number of aromatic nitrogens is 4. The van der Waals surface area contributed by atoms with Gasteiger partial charge in [-0.05, 0) is 13.8 Å². The van der Waals surface area contributed by atoms with Gasteiger partial charge >= 0.3 is 0 Å². The molecule has 2 aromatic heterocycles. The molecular formula is C9H14ClN5. The molecule has 0 spiro atoms. The van der Waals surface area contributed by atoms with Crippen molar-refractivity contribution in [2.24, 2.45) is 0 Å². The van der Waals surface area contributed by atoms with Gasteiger partial charge in [0.25, 0.3) is 0 Å². The fourth-order valence-corrected chi connectivity index (χ4v) is 1.50. The zero-order valence-electron chi connectivity index (χ0n) is 7.90. The lowest BCUT2D eigenvalue weighted by Gasteiger charge is -2.06. The van der Waals surface area contributed by atoms with Crippen LogP contribution >= 0.6 is 11.6 Å². The molecule has 0 aromatic carbocycles. The topological polar surface area (TPSA) is 69.6 Å². The monoisotopic (exact) mass is 227 g/mol. The molecule has 0 aliphatic heterocycles. The van der Waals surface area contributed by atoms with E-state index in [4.69, 9.17) is 17.3 Å². The van der Waals surface area contributed by atoms with Crippen LogP contribution in [0.25, 0.3) is 11.2 Å². The van der Waals surface area contributed by atoms with Crippen molar-refractivity contribution >= 4 is 28.7 Å². The molecule has 2 N–H and O–H groups in total. The summed E-state index contributed by atoms with van der Waals surface area (Å²) in [6.07, 6.45) is 1.69. The average molecular weight is 228 g/mol. The fraction of sp³-hybridized carbons (Fsp3) is 0.444. The van der Waals surface area contributed by atoms with Crippen LogP contribution in [0.15, 0.2) is 6.33 Å². The Labute approximate surface area is 93.3 Å². The first kappa shape index (κ1) is 11.7. The second kappa shape index (κ2) is 4.02. The lowest BCUT2D eigenvalue weighted by atomic mass is 10.4. The van der Waals surface area contributed by atoms with Gasteiger partial charge in [-0.1, -0.05) is 19.0 Å². The van der Waals surface area contributed by atoms with Crippen LogP contribution in [-0.4, -0.2) is 19.5 Å². The van der Waals surface area contributed by atoms with E-state index in [1.165, 1.54) is 0 Å². The third kappa shape index (κ3) is 1.87. The molecule has 0 aliphatic rings. The molecule has 0 unspecified atom stereocenters. The third-order valence-electron chi connectivity index (χ3n) is 1.95. The minimum Gasteiger partial charge on any atom is -0.368 e. The fourth-order valence-electron chi connectivity index (χ4n) is 1.28. The molecule has 2 aromatic rings. The van der Waals surface area contributed by atoms with Crippen LogP contribution in [0.4, 0.5) is 5.95 Å². The van der Waals surface area contributed by atoms with Crippen LogP contribution in [0.3, 0.4) is 0 Å². The zero-order chi connectivity index (χ0) is 10.3. The van der Waals surface area contributed by atoms with E-state index in [1.807, 2.05) is 18.4 Å². The van der Waals surface area contributed by atoms with Gasteiger partial charge in [0.1, 0.15) is 5.52 Å². The predicted octanol–water partition coefficient (Wildman–Crippen LogP) is 2.28. The summed E-state index contributed by atoms with van der Waals surface area (Å²) in [5.74, 6) is 0.171. The first-order valence-electron chi connectivity index (χ1n) is 4.25. The van der Waals surface area contributed by atoms with E-state index in [0.29, 0.717) is 16.3 Å². The van der Waals surface area contributed by atoms with Crippen molar-refractivity contribution in [1.82, 2.24) is 19.5 Å². The Morgan fingerprint density at radius 3 is 2.67 bits per heavy atom. The van der Waals surface area contributed by atoms with Crippen LogP contribution in [0.1, 0.15) is 27.3 Å². The Hall–Kier alpha value is -1.36. The Kier molecular flexibility index (Phi) is 3.14. The van der Waals surface area contributed by atoms with Crippen LogP contribution in [0, 0.1) is 0 Å². The van der Waals surface area contributed by atoms with Crippen LogP contribution in [-0.2, 0) is 0 Å². The van der Waals surface area contributed by atoms with Crippen molar-refractivity contribution in [3.63, 3.8) is 0 Å². The van der Waals surface area contributed by atoms with E-state index < -0.39 is 0 Å². The molecule has 6 heteroatoms. The number of hydrogen-bond acceptors (Lipinski definition) is 4. The van der Waals surface area contributed by atoms with Crippen molar-refractivity contribution in [3.8, 4) is 0 Å². The number of hydrogen-bond donors (Lipinski definition) is 1. The number of fused-ring (bicyclic) bond motifs is 1. The standard InChI is InChI=1S/C8H10ClN5.CH4/c1-4(2)14-3-11-5-6(9)12-8(10)13-7(5)14;/h3-4H,1-2H3,(H2,10,12,13);1H4. The molecule has 82 valence electrons. The van der Waals surface area contributed by atoms with E-state index in [2.05, 4.69) is 15.0 Å². The first-order chi connectivity index (χ1) is 6.59. The average Bonchev–Trinajstić information content (AvgIpc) is 2.47. The number of nitrogens with zero attached hydrogens (tertiary/aromatic N) is 4. The number of rotatable bonds is 1. The number of anilines is 1. The van der Waals surface area contributed by atoms with Gasteiger partial charge in [-0.3, -0.25) is 0 Å². The predicted molar refractivity (Wildman–Crippen MR) is 61.9 cm³/mol. The van der Waals surface area contributed by atoms with Gasteiger partial charge in [0.05, 0.1) is 6.33 Å². The van der Waals surface area contributed by atoms with Gasteiger partial charge in [0.15, 0.2) is 10.8 Å². The minimum atomic E-state index is 0. The van der Waals surface area contributed by atoms with Crippen LogP contribution < -0.4 is 5.73 Å². The molecule has 5 nitrogen and oxygen atoms in total. The highest BCUT2D eigenvalue weighted by Crippen LogP contribution is 2.21. The van der Waals surface area contributed by atoms with Crippen molar-refractivity contribution < 1.29 is 0 Å². The van der Waals surface area contributed by atoms with E-state index in [9.17, 15) is 0 Å². The zero-order valence-corrected chi connectivity index (χ0v) is 8.65. The number of nitrogens with two attached hydrogens (primary N) is 1. The molecule has 0 saturated heterocycles. The van der Waals surface area contributed by atoms with Crippen LogP contribution in [0.2, 0.25) is 5.15 Å². The molecule has 0 radical (unpaired) electrons. The highest BCUT2D eigenvalue weighted by molar-refractivity contribution is 6.33. The minimum absolute atomic E-state index is 0. The lowest BCUT2D eigenvalue weighted by molar-refractivity contribution is 0.613. The maximum atomic E-state index is 5.87. The van der Waals surface area contributed by atoms with Crippen LogP contribution in [0.5, 0.6) is 0 Å². The van der Waals surface area contributed by atoms with Gasteiger partial charge in [0, 0.05) is 6.04 Å². The molecule has 15 heavy (non-hydrogen) atoms. The Balaban J connectivity index is 0.00000112. The van der Waals surface area contributed by atoms with Gasteiger partial charge < -0.3 is 10.3 Å². The molecule has 2 rings (SSSR count). The maximum absolute atomic E-state index is 5.87. The number of halogens is 1. The second-order valence-electron chi connectivity index (χ2n) is 3.29. The maximum Gasteiger partial charge on any atom is 0.223 e. The number of imidazole rings is 1. The summed E-state index contributed by atoms with van der Waals surface area (Å²) < 4.78 is 1.90. The van der Waals surface area contributed by atoms with Crippen molar-refractivity contribution in [2.75, 3.05) is 5.73 Å². The summed E-state index contributed by atoms with van der Waals surface area (Å²) in [5.41, 5.74) is 6.78. The van der Waals surface area contributed by atoms with Gasteiger partial charge in [-0.15, -0.1) is 0 Å². The lowest BCUT2D eigenvalue weighted by Crippen LogP contribution is -2.02. The summed E-state index contributed by atoms with van der Waals surface area (Å²) in [7, 11) is 0. The van der Waals surface area contributed by atoms with Gasteiger partial charge in [-0.25, -0.2) is 4.98 Å². The quantitative estimate of drug-likeness (QED) is 0.759. The Bertz CT molecular complexity index is 477. The molecule has 0 saturated carbocycles. The second-order valence-corrected chi connectivity index (χ2v) is 3.65. The summed E-state index contributed by atoms with van der Waals surface area (Å²) in [4.78, 5) is 12.1. The smallest absolute Gasteiger partial charge is 0.223 e. The largest absolute Gasteiger partial charge is 0.368 e. The molecule has 0 fully saturated rings. The summed E-state index contributed by atoms with van der Waals surface area (Å²) >= 11 is 5.87. The highest BCUT2D eigenvalue weighted by Gasteiger charge is 2.11. The third-order valence-corrected chi connectivity index (χ3v) is 2.22. The molecule has 0 atom stereocenters. The van der Waals surface area contributed by atoms with E-state index in [1.54, 1.807) is 6.33 Å². The molecular weight excluding hydrogens is 214 g/mol. The van der Waals surface area contributed by atoms with E-state index in [-0.39, 0.29) is 19.4 Å². The normalized spacial score (nSPS) is 10.7.